The Balaban J connectivity index is 1.21. The monoisotopic (exact) mass is 765 g/mol. The minimum absolute atomic E-state index is 0.0349. The maximum atomic E-state index is 6.32. The van der Waals surface area contributed by atoms with Crippen molar-refractivity contribution in [3.63, 3.8) is 0 Å². The number of benzene rings is 8. The van der Waals surface area contributed by atoms with Crippen LogP contribution in [0.15, 0.2) is 164 Å². The molecule has 0 amide bonds. The summed E-state index contributed by atoms with van der Waals surface area (Å²) >= 11 is 12.6. The first-order valence-corrected chi connectivity index (χ1v) is 20.9. The molecular weight excluding hydrogens is 721 g/mol. The van der Waals surface area contributed by atoms with Crippen LogP contribution in [0, 0.1) is 0 Å². The van der Waals surface area contributed by atoms with Crippen molar-refractivity contribution >= 4 is 61.8 Å². The van der Waals surface area contributed by atoms with Gasteiger partial charge in [-0.2, -0.15) is 0 Å². The van der Waals surface area contributed by atoms with Crippen molar-refractivity contribution in [3.05, 3.63) is 185 Å². The maximum Gasteiger partial charge on any atom is 0.0462 e. The highest BCUT2D eigenvalue weighted by Crippen LogP contribution is 2.55. The van der Waals surface area contributed by atoms with Crippen LogP contribution in [0.3, 0.4) is 0 Å². The first kappa shape index (κ1) is 36.3. The Morgan fingerprint density at radius 1 is 0.429 bits per heavy atom. The summed E-state index contributed by atoms with van der Waals surface area (Å²) in [5, 5.41) is 6.48. The van der Waals surface area contributed by atoms with Crippen LogP contribution >= 0.6 is 23.2 Å². The standard InChI is InChI=1S/C53H45Cl2N/c1-3-5-33-53(34-6-4-2)49-18-12-11-13-43(49)44-32-21-37(35-50(44)53)52-47-16-9-7-14-45(47)51(46-15-8-10-17-48(46)52)36-19-26-40(27-20-36)56(41-28-22-38(54)23-29-41)42-30-24-39(55)25-31-42/h7-32,35H,3-6,33-34H2,1-2H3. The Hall–Kier alpha value is -5.34. The summed E-state index contributed by atoms with van der Waals surface area (Å²) in [6.45, 7) is 4.66. The molecular formula is C53H45Cl2N. The topological polar surface area (TPSA) is 3.24 Å². The molecule has 0 saturated carbocycles. The predicted molar refractivity (Wildman–Crippen MR) is 242 cm³/mol. The van der Waals surface area contributed by atoms with Crippen LogP contribution in [0.25, 0.3) is 54.9 Å². The summed E-state index contributed by atoms with van der Waals surface area (Å²) < 4.78 is 0. The fourth-order valence-corrected chi connectivity index (χ4v) is 9.64. The highest BCUT2D eigenvalue weighted by atomic mass is 35.5. The molecule has 0 N–H and O–H groups in total. The largest absolute Gasteiger partial charge is 0.311 e. The van der Waals surface area contributed by atoms with Crippen LogP contribution in [-0.4, -0.2) is 0 Å². The Kier molecular flexibility index (Phi) is 9.92. The molecule has 276 valence electrons. The summed E-state index contributed by atoms with van der Waals surface area (Å²) in [5.41, 5.74) is 14.0. The zero-order valence-electron chi connectivity index (χ0n) is 32.0. The Morgan fingerprint density at radius 3 is 1.34 bits per heavy atom. The van der Waals surface area contributed by atoms with E-state index < -0.39 is 0 Å². The van der Waals surface area contributed by atoms with E-state index in [1.807, 2.05) is 24.3 Å². The molecule has 9 rings (SSSR count). The zero-order chi connectivity index (χ0) is 38.2. The SMILES string of the molecule is CCCCC1(CCCC)c2ccccc2-c2ccc(-c3c4ccccc4c(-c4ccc(N(c5ccc(Cl)cc5)c5ccc(Cl)cc5)cc4)c4ccccc34)cc21. The first-order valence-electron chi connectivity index (χ1n) is 20.1. The first-order chi connectivity index (χ1) is 27.5. The number of fused-ring (bicyclic) bond motifs is 5. The van der Waals surface area contributed by atoms with Crippen LogP contribution in [0.5, 0.6) is 0 Å². The molecule has 0 unspecified atom stereocenters. The molecule has 0 radical (unpaired) electrons. The van der Waals surface area contributed by atoms with Gasteiger partial charge in [0.15, 0.2) is 0 Å². The molecule has 1 aliphatic carbocycles. The van der Waals surface area contributed by atoms with Crippen molar-refractivity contribution in [2.45, 2.75) is 57.8 Å². The second-order valence-electron chi connectivity index (χ2n) is 15.3. The Morgan fingerprint density at radius 2 is 0.839 bits per heavy atom. The predicted octanol–water partition coefficient (Wildman–Crippen LogP) is 16.8. The van der Waals surface area contributed by atoms with Crippen molar-refractivity contribution in [1.82, 2.24) is 0 Å². The lowest BCUT2D eigenvalue weighted by Gasteiger charge is -2.33. The van der Waals surface area contributed by atoms with Crippen molar-refractivity contribution in [2.75, 3.05) is 4.90 Å². The number of unbranched alkanes of at least 4 members (excludes halogenated alkanes) is 2. The third-order valence-corrected chi connectivity index (χ3v) is 12.5. The molecule has 0 spiro atoms. The molecule has 0 fully saturated rings. The second-order valence-corrected chi connectivity index (χ2v) is 16.1. The lowest BCUT2D eigenvalue weighted by Crippen LogP contribution is -2.25. The quantitative estimate of drug-likeness (QED) is 0.119. The van der Waals surface area contributed by atoms with Crippen LogP contribution < -0.4 is 4.90 Å². The molecule has 8 aromatic rings. The highest BCUT2D eigenvalue weighted by molar-refractivity contribution is 6.31. The molecule has 0 bridgehead atoms. The third kappa shape index (κ3) is 6.28. The van der Waals surface area contributed by atoms with Gasteiger partial charge in [-0.05, 0) is 146 Å². The van der Waals surface area contributed by atoms with E-state index in [0.717, 1.165) is 17.1 Å². The lowest BCUT2D eigenvalue weighted by atomic mass is 9.70. The van der Waals surface area contributed by atoms with E-state index in [1.54, 1.807) is 0 Å². The van der Waals surface area contributed by atoms with Gasteiger partial charge < -0.3 is 4.90 Å². The average molecular weight is 767 g/mol. The molecule has 0 atom stereocenters. The number of hydrogen-bond donors (Lipinski definition) is 0. The summed E-state index contributed by atoms with van der Waals surface area (Å²) in [6, 6.07) is 59.5. The van der Waals surface area contributed by atoms with Crippen LogP contribution in [0.4, 0.5) is 17.1 Å². The molecule has 0 aromatic heterocycles. The van der Waals surface area contributed by atoms with Crippen LogP contribution in [0.2, 0.25) is 10.0 Å². The normalized spacial score (nSPS) is 12.9. The summed E-state index contributed by atoms with van der Waals surface area (Å²) in [4.78, 5) is 2.24. The summed E-state index contributed by atoms with van der Waals surface area (Å²) in [6.07, 6.45) is 7.20. The summed E-state index contributed by atoms with van der Waals surface area (Å²) in [5.74, 6) is 0. The van der Waals surface area contributed by atoms with E-state index in [1.165, 1.54) is 105 Å². The minimum Gasteiger partial charge on any atom is -0.311 e. The maximum absolute atomic E-state index is 6.32. The van der Waals surface area contributed by atoms with Gasteiger partial charge in [-0.25, -0.2) is 0 Å². The number of nitrogens with zero attached hydrogens (tertiary/aromatic N) is 1. The molecule has 0 aliphatic heterocycles. The van der Waals surface area contributed by atoms with Gasteiger partial charge in [0, 0.05) is 32.5 Å². The molecule has 0 heterocycles. The molecule has 8 aromatic carbocycles. The average Bonchev–Trinajstić information content (AvgIpc) is 3.51. The highest BCUT2D eigenvalue weighted by Gasteiger charge is 2.42. The summed E-state index contributed by atoms with van der Waals surface area (Å²) in [7, 11) is 0. The van der Waals surface area contributed by atoms with Gasteiger partial charge in [0.25, 0.3) is 0 Å². The Bertz CT molecular complexity index is 2570. The van der Waals surface area contributed by atoms with Crippen molar-refractivity contribution in [3.8, 4) is 33.4 Å². The fraction of sp³-hybridized carbons (Fsp3) is 0.170. The van der Waals surface area contributed by atoms with Crippen molar-refractivity contribution < 1.29 is 0 Å². The van der Waals surface area contributed by atoms with Crippen LogP contribution in [-0.2, 0) is 5.41 Å². The minimum atomic E-state index is 0.0349. The molecule has 0 saturated heterocycles. The van der Waals surface area contributed by atoms with Gasteiger partial charge >= 0.3 is 0 Å². The van der Waals surface area contributed by atoms with E-state index >= 15 is 0 Å². The van der Waals surface area contributed by atoms with Crippen LogP contribution in [0.1, 0.15) is 63.5 Å². The van der Waals surface area contributed by atoms with Gasteiger partial charge in [0.05, 0.1) is 0 Å². The molecule has 1 nitrogen and oxygen atoms in total. The lowest BCUT2D eigenvalue weighted by molar-refractivity contribution is 0.414. The molecule has 3 heteroatoms. The Labute approximate surface area is 341 Å². The van der Waals surface area contributed by atoms with Crippen molar-refractivity contribution in [1.29, 1.82) is 0 Å². The van der Waals surface area contributed by atoms with E-state index in [-0.39, 0.29) is 5.41 Å². The van der Waals surface area contributed by atoms with E-state index in [4.69, 9.17) is 23.2 Å². The van der Waals surface area contributed by atoms with E-state index in [2.05, 4.69) is 158 Å². The fourth-order valence-electron chi connectivity index (χ4n) is 9.39. The van der Waals surface area contributed by atoms with Crippen molar-refractivity contribution in [2.24, 2.45) is 0 Å². The van der Waals surface area contributed by atoms with Gasteiger partial charge in [-0.15, -0.1) is 0 Å². The second kappa shape index (κ2) is 15.3. The number of rotatable bonds is 11. The molecule has 1 aliphatic rings. The number of halogens is 2. The zero-order valence-corrected chi connectivity index (χ0v) is 33.5. The number of hydrogen-bond acceptors (Lipinski definition) is 1. The van der Waals surface area contributed by atoms with E-state index in [9.17, 15) is 0 Å². The van der Waals surface area contributed by atoms with Gasteiger partial charge in [0.1, 0.15) is 0 Å². The number of anilines is 3. The third-order valence-electron chi connectivity index (χ3n) is 12.0. The van der Waals surface area contributed by atoms with Gasteiger partial charge in [0.2, 0.25) is 0 Å². The van der Waals surface area contributed by atoms with Gasteiger partial charge in [-0.3, -0.25) is 0 Å². The van der Waals surface area contributed by atoms with Gasteiger partial charge in [-0.1, -0.05) is 160 Å². The van der Waals surface area contributed by atoms with E-state index in [0.29, 0.717) is 10.0 Å². The smallest absolute Gasteiger partial charge is 0.0462 e. The molecule has 56 heavy (non-hydrogen) atoms.